The van der Waals surface area contributed by atoms with Gasteiger partial charge in [0.05, 0.1) is 18.6 Å². The van der Waals surface area contributed by atoms with Gasteiger partial charge in [-0.15, -0.1) is 0 Å². The van der Waals surface area contributed by atoms with Gasteiger partial charge in [-0.1, -0.05) is 20.3 Å². The van der Waals surface area contributed by atoms with Crippen molar-refractivity contribution in [3.63, 3.8) is 0 Å². The summed E-state index contributed by atoms with van der Waals surface area (Å²) < 4.78 is 6.92. The summed E-state index contributed by atoms with van der Waals surface area (Å²) in [5.41, 5.74) is -0.0111. The fraction of sp³-hybridized carbons (Fsp3) is 0.625. The van der Waals surface area contributed by atoms with E-state index < -0.39 is 11.5 Å². The van der Waals surface area contributed by atoms with Crippen LogP contribution in [0.3, 0.4) is 0 Å². The predicted molar refractivity (Wildman–Crippen MR) is 123 cm³/mol. The van der Waals surface area contributed by atoms with Crippen LogP contribution in [0.2, 0.25) is 0 Å². The van der Waals surface area contributed by atoms with E-state index in [9.17, 15) is 14.7 Å². The maximum absolute atomic E-state index is 13.4. The van der Waals surface area contributed by atoms with Crippen LogP contribution in [0.4, 0.5) is 0 Å². The maximum atomic E-state index is 13.4. The molecule has 8 heteroatoms. The largest absolute Gasteiger partial charge is 0.506 e. The number of hydrogen-bond donors (Lipinski definition) is 2. The predicted octanol–water partition coefficient (Wildman–Crippen LogP) is 2.52. The Kier molecular flexibility index (Phi) is 6.81. The standard InChI is InChI=1S/C24H34N4O4/c1-24(2)8-3-5-17(7-9-24)26-22(30)19-20(29)18-6-4-10-25-21(18)28(23(19)31)12-11-27-13-15-32-16-14-27/h4,6,10,17,29H,3,5,7-9,11-16H2,1-2H3,(H,26,30). The number of fused-ring (bicyclic) bond motifs is 1. The third-order valence-corrected chi connectivity index (χ3v) is 6.87. The molecule has 174 valence electrons. The summed E-state index contributed by atoms with van der Waals surface area (Å²) >= 11 is 0. The van der Waals surface area contributed by atoms with E-state index in [0.29, 0.717) is 37.3 Å². The van der Waals surface area contributed by atoms with E-state index >= 15 is 0 Å². The van der Waals surface area contributed by atoms with E-state index in [0.717, 1.165) is 45.2 Å². The second-order valence-electron chi connectivity index (χ2n) is 9.77. The van der Waals surface area contributed by atoms with Gasteiger partial charge in [0.25, 0.3) is 11.5 Å². The first kappa shape index (κ1) is 22.7. The summed E-state index contributed by atoms with van der Waals surface area (Å²) in [5.74, 6) is -0.782. The Labute approximate surface area is 188 Å². The van der Waals surface area contributed by atoms with Crippen LogP contribution in [-0.2, 0) is 11.3 Å². The number of amides is 1. The SMILES string of the molecule is CC1(C)CCCC(NC(=O)c2c(O)c3cccnc3n(CCN3CCOCC3)c2=O)CC1. The minimum Gasteiger partial charge on any atom is -0.506 e. The first-order valence-electron chi connectivity index (χ1n) is 11.7. The average molecular weight is 443 g/mol. The van der Waals surface area contributed by atoms with Crippen LogP contribution in [0.15, 0.2) is 23.1 Å². The lowest BCUT2D eigenvalue weighted by molar-refractivity contribution is 0.0364. The molecule has 2 aromatic heterocycles. The maximum Gasteiger partial charge on any atom is 0.268 e. The normalized spacial score (nSPS) is 21.9. The molecule has 32 heavy (non-hydrogen) atoms. The summed E-state index contributed by atoms with van der Waals surface area (Å²) in [7, 11) is 0. The number of nitrogens with zero attached hydrogens (tertiary/aromatic N) is 3. The number of hydrogen-bond acceptors (Lipinski definition) is 6. The lowest BCUT2D eigenvalue weighted by Gasteiger charge is -2.27. The van der Waals surface area contributed by atoms with Crippen molar-refractivity contribution in [3.8, 4) is 5.75 Å². The van der Waals surface area contributed by atoms with Gasteiger partial charge in [0, 0.05) is 38.4 Å². The molecule has 0 spiro atoms. The molecule has 4 rings (SSSR count). The molecule has 8 nitrogen and oxygen atoms in total. The number of rotatable bonds is 5. The molecule has 0 bridgehead atoms. The minimum atomic E-state index is -0.497. The molecule has 1 atom stereocenters. The summed E-state index contributed by atoms with van der Waals surface area (Å²) in [6, 6.07) is 3.41. The third kappa shape index (κ3) is 4.96. The van der Waals surface area contributed by atoms with Crippen LogP contribution < -0.4 is 10.9 Å². The van der Waals surface area contributed by atoms with Gasteiger partial charge in [-0.25, -0.2) is 4.98 Å². The van der Waals surface area contributed by atoms with Crippen molar-refractivity contribution >= 4 is 16.9 Å². The highest BCUT2D eigenvalue weighted by atomic mass is 16.5. The Morgan fingerprint density at radius 2 is 2.03 bits per heavy atom. The highest BCUT2D eigenvalue weighted by molar-refractivity contribution is 6.01. The zero-order chi connectivity index (χ0) is 22.7. The summed E-state index contributed by atoms with van der Waals surface area (Å²) in [6.45, 7) is 8.53. The van der Waals surface area contributed by atoms with Gasteiger partial charge in [0.1, 0.15) is 17.0 Å². The number of aromatic hydroxyl groups is 1. The molecule has 2 fully saturated rings. The summed E-state index contributed by atoms with van der Waals surface area (Å²) in [4.78, 5) is 33.2. The van der Waals surface area contributed by atoms with Crippen LogP contribution in [0.5, 0.6) is 5.75 Å². The molecule has 3 heterocycles. The van der Waals surface area contributed by atoms with Gasteiger partial charge in [-0.2, -0.15) is 0 Å². The van der Waals surface area contributed by atoms with Crippen molar-refractivity contribution in [1.29, 1.82) is 0 Å². The van der Waals surface area contributed by atoms with Crippen LogP contribution in [0, 0.1) is 5.41 Å². The van der Waals surface area contributed by atoms with Gasteiger partial charge in [-0.3, -0.25) is 19.1 Å². The Morgan fingerprint density at radius 3 is 2.81 bits per heavy atom. The zero-order valence-corrected chi connectivity index (χ0v) is 19.1. The lowest BCUT2D eigenvalue weighted by Crippen LogP contribution is -2.41. The van der Waals surface area contributed by atoms with Crippen molar-refractivity contribution in [3.05, 3.63) is 34.2 Å². The first-order chi connectivity index (χ1) is 15.4. The second kappa shape index (κ2) is 9.58. The molecule has 2 N–H and O–H groups in total. The average Bonchev–Trinajstić information content (AvgIpc) is 2.94. The van der Waals surface area contributed by atoms with Gasteiger partial charge in [0.2, 0.25) is 0 Å². The van der Waals surface area contributed by atoms with E-state index in [1.54, 1.807) is 18.3 Å². The Hall–Kier alpha value is -2.45. The van der Waals surface area contributed by atoms with Crippen LogP contribution in [0.25, 0.3) is 11.0 Å². The van der Waals surface area contributed by atoms with Gasteiger partial charge >= 0.3 is 0 Å². The number of morpholine rings is 1. The number of ether oxygens (including phenoxy) is 1. The quantitative estimate of drug-likeness (QED) is 0.691. The Morgan fingerprint density at radius 1 is 1.25 bits per heavy atom. The van der Waals surface area contributed by atoms with E-state index in [1.165, 1.54) is 4.57 Å². The monoisotopic (exact) mass is 442 g/mol. The van der Waals surface area contributed by atoms with Crippen molar-refractivity contribution in [2.75, 3.05) is 32.8 Å². The van der Waals surface area contributed by atoms with Crippen LogP contribution in [0.1, 0.15) is 56.3 Å². The second-order valence-corrected chi connectivity index (χ2v) is 9.77. The van der Waals surface area contributed by atoms with E-state index in [2.05, 4.69) is 29.0 Å². The fourth-order valence-electron chi connectivity index (χ4n) is 4.81. The topological polar surface area (TPSA) is 96.7 Å². The molecular formula is C24H34N4O4. The van der Waals surface area contributed by atoms with Gasteiger partial charge in [-0.05, 0) is 43.2 Å². The fourth-order valence-corrected chi connectivity index (χ4v) is 4.81. The van der Waals surface area contributed by atoms with Crippen molar-refractivity contribution in [1.82, 2.24) is 19.8 Å². The third-order valence-electron chi connectivity index (χ3n) is 6.87. The lowest BCUT2D eigenvalue weighted by atomic mass is 9.85. The molecule has 1 amide bonds. The molecule has 0 aromatic carbocycles. The molecule has 2 aliphatic rings. The van der Waals surface area contributed by atoms with Crippen molar-refractivity contribution < 1.29 is 14.6 Å². The zero-order valence-electron chi connectivity index (χ0n) is 19.1. The number of carbonyl (C=O) groups is 1. The molecule has 1 unspecified atom stereocenters. The van der Waals surface area contributed by atoms with Gasteiger partial charge < -0.3 is 15.2 Å². The molecule has 1 saturated carbocycles. The number of nitrogens with one attached hydrogen (secondary N) is 1. The number of aromatic nitrogens is 2. The molecule has 1 aliphatic heterocycles. The van der Waals surface area contributed by atoms with E-state index in [4.69, 9.17) is 4.74 Å². The summed E-state index contributed by atoms with van der Waals surface area (Å²) in [5, 5.41) is 14.3. The molecule has 1 saturated heterocycles. The molecule has 0 radical (unpaired) electrons. The van der Waals surface area contributed by atoms with Crippen LogP contribution in [-0.4, -0.2) is 64.4 Å². The molecule has 2 aromatic rings. The first-order valence-corrected chi connectivity index (χ1v) is 11.7. The van der Waals surface area contributed by atoms with Crippen LogP contribution >= 0.6 is 0 Å². The Bertz CT molecular complexity index is 1030. The number of carbonyl (C=O) groups excluding carboxylic acids is 1. The summed E-state index contributed by atoms with van der Waals surface area (Å²) in [6.07, 6.45) is 6.54. The van der Waals surface area contributed by atoms with Crippen molar-refractivity contribution in [2.24, 2.45) is 5.41 Å². The minimum absolute atomic E-state index is 0.00877. The molecular weight excluding hydrogens is 408 g/mol. The number of pyridine rings is 2. The smallest absolute Gasteiger partial charge is 0.268 e. The Balaban J connectivity index is 1.62. The van der Waals surface area contributed by atoms with E-state index in [-0.39, 0.29) is 22.8 Å². The van der Waals surface area contributed by atoms with Gasteiger partial charge in [0.15, 0.2) is 0 Å². The highest BCUT2D eigenvalue weighted by Gasteiger charge is 2.28. The van der Waals surface area contributed by atoms with E-state index in [1.807, 2.05) is 0 Å². The van der Waals surface area contributed by atoms with Crippen molar-refractivity contribution in [2.45, 2.75) is 58.5 Å². The highest BCUT2D eigenvalue weighted by Crippen LogP contribution is 2.34. The molecule has 1 aliphatic carbocycles.